The monoisotopic (exact) mass is 352 g/mol. The zero-order valence-electron chi connectivity index (χ0n) is 13.7. The van der Waals surface area contributed by atoms with Crippen molar-refractivity contribution in [1.82, 2.24) is 10.6 Å². The Balaban J connectivity index is 1.96. The van der Waals surface area contributed by atoms with E-state index in [1.807, 2.05) is 6.92 Å². The van der Waals surface area contributed by atoms with Crippen LogP contribution >= 0.6 is 11.6 Å². The molecule has 0 spiro atoms. The van der Waals surface area contributed by atoms with Gasteiger partial charge in [-0.2, -0.15) is 0 Å². The number of methoxy groups -OCH3 is 1. The van der Waals surface area contributed by atoms with Gasteiger partial charge in [0, 0.05) is 10.9 Å². The molecule has 130 valence electrons. The van der Waals surface area contributed by atoms with Crippen LogP contribution in [0.1, 0.15) is 31.4 Å². The minimum absolute atomic E-state index is 0.00670. The summed E-state index contributed by atoms with van der Waals surface area (Å²) in [5.74, 6) is -0.572. The predicted molar refractivity (Wildman–Crippen MR) is 89.2 cm³/mol. The number of halogens is 1. The molecule has 0 bridgehead atoms. The molecular formula is C17H21ClN2O4. The molecule has 1 aromatic carbocycles. The molecule has 0 radical (unpaired) electrons. The van der Waals surface area contributed by atoms with Crippen LogP contribution in [0.15, 0.2) is 24.3 Å². The van der Waals surface area contributed by atoms with Gasteiger partial charge in [-0.3, -0.25) is 14.4 Å². The van der Waals surface area contributed by atoms with Gasteiger partial charge in [-0.1, -0.05) is 36.7 Å². The first-order chi connectivity index (χ1) is 11.4. The molecular weight excluding hydrogens is 332 g/mol. The number of hydrogen-bond donors (Lipinski definition) is 2. The summed E-state index contributed by atoms with van der Waals surface area (Å²) in [5.41, 5.74) is 0.625. The number of rotatable bonds is 7. The first-order valence-electron chi connectivity index (χ1n) is 7.80. The Hall–Kier alpha value is -2.08. The Kier molecular flexibility index (Phi) is 6.20. The van der Waals surface area contributed by atoms with E-state index in [2.05, 4.69) is 15.4 Å². The molecule has 24 heavy (non-hydrogen) atoms. The van der Waals surface area contributed by atoms with Gasteiger partial charge in [0.25, 0.3) is 0 Å². The molecule has 0 unspecified atom stereocenters. The number of carbonyl (C=O) groups is 3. The van der Waals surface area contributed by atoms with E-state index >= 15 is 0 Å². The molecule has 1 aliphatic carbocycles. The van der Waals surface area contributed by atoms with Gasteiger partial charge in [-0.05, 0) is 24.0 Å². The van der Waals surface area contributed by atoms with Crippen LogP contribution in [0.2, 0.25) is 5.02 Å². The highest BCUT2D eigenvalue weighted by molar-refractivity contribution is 6.31. The largest absolute Gasteiger partial charge is 0.469 e. The number of amides is 2. The summed E-state index contributed by atoms with van der Waals surface area (Å²) in [6.07, 6.45) is 0.817. The number of esters is 1. The Bertz CT molecular complexity index is 635. The number of nitrogens with one attached hydrogen (secondary N) is 2. The lowest BCUT2D eigenvalue weighted by atomic mass is 10.0. The van der Waals surface area contributed by atoms with Gasteiger partial charge >= 0.3 is 5.97 Å². The quantitative estimate of drug-likeness (QED) is 0.733. The minimum Gasteiger partial charge on any atom is -0.469 e. The molecule has 2 N–H and O–H groups in total. The van der Waals surface area contributed by atoms with E-state index in [9.17, 15) is 14.4 Å². The van der Waals surface area contributed by atoms with Gasteiger partial charge in [0.15, 0.2) is 0 Å². The minimum atomic E-state index is -0.615. The molecule has 0 aliphatic heterocycles. The Labute approximate surface area is 145 Å². The Morgan fingerprint density at radius 2 is 2.00 bits per heavy atom. The first kappa shape index (κ1) is 18.3. The summed E-state index contributed by atoms with van der Waals surface area (Å²) >= 11 is 6.15. The van der Waals surface area contributed by atoms with Crippen molar-refractivity contribution in [2.24, 2.45) is 11.8 Å². The van der Waals surface area contributed by atoms with Crippen LogP contribution in [0.4, 0.5) is 0 Å². The maximum atomic E-state index is 12.1. The SMILES string of the molecule is COC(=O)C[C@H](NC(=O)CNC(=O)[C@@H]1C[C@H]1C)c1ccccc1Cl. The summed E-state index contributed by atoms with van der Waals surface area (Å²) in [6.45, 7) is 1.86. The van der Waals surface area contributed by atoms with Crippen molar-refractivity contribution in [3.05, 3.63) is 34.9 Å². The molecule has 1 saturated carbocycles. The van der Waals surface area contributed by atoms with E-state index in [1.165, 1.54) is 7.11 Å². The summed E-state index contributed by atoms with van der Waals surface area (Å²) in [4.78, 5) is 35.5. The van der Waals surface area contributed by atoms with Crippen molar-refractivity contribution >= 4 is 29.4 Å². The molecule has 0 saturated heterocycles. The van der Waals surface area contributed by atoms with Gasteiger partial charge in [0.1, 0.15) is 0 Å². The van der Waals surface area contributed by atoms with E-state index in [4.69, 9.17) is 11.6 Å². The third-order valence-corrected chi connectivity index (χ3v) is 4.43. The number of ether oxygens (including phenoxy) is 1. The maximum absolute atomic E-state index is 12.1. The standard InChI is InChI=1S/C17H21ClN2O4/c1-10-7-12(10)17(23)19-9-15(21)20-14(8-16(22)24-2)11-5-3-4-6-13(11)18/h3-6,10,12,14H,7-9H2,1-2H3,(H,19,23)(H,20,21)/t10-,12-,14+/m1/s1. The summed E-state index contributed by atoms with van der Waals surface area (Å²) in [6, 6.07) is 6.34. The normalized spacial score (nSPS) is 20.0. The number of hydrogen-bond acceptors (Lipinski definition) is 4. The van der Waals surface area contributed by atoms with Crippen LogP contribution in [0.5, 0.6) is 0 Å². The van der Waals surface area contributed by atoms with Crippen LogP contribution in [0.3, 0.4) is 0 Å². The molecule has 1 fully saturated rings. The highest BCUT2D eigenvalue weighted by Crippen LogP contribution is 2.37. The van der Waals surface area contributed by atoms with Crippen LogP contribution < -0.4 is 10.6 Å². The van der Waals surface area contributed by atoms with Crippen molar-refractivity contribution in [2.75, 3.05) is 13.7 Å². The third-order valence-electron chi connectivity index (χ3n) is 4.08. The van der Waals surface area contributed by atoms with Crippen LogP contribution in [-0.2, 0) is 19.1 Å². The molecule has 1 aliphatic rings. The van der Waals surface area contributed by atoms with Crippen LogP contribution in [-0.4, -0.2) is 31.4 Å². The molecule has 0 aromatic heterocycles. The molecule has 2 rings (SSSR count). The topological polar surface area (TPSA) is 84.5 Å². The maximum Gasteiger partial charge on any atom is 0.307 e. The van der Waals surface area contributed by atoms with Gasteiger partial charge in [0.2, 0.25) is 11.8 Å². The lowest BCUT2D eigenvalue weighted by Gasteiger charge is -2.19. The lowest BCUT2D eigenvalue weighted by Crippen LogP contribution is -2.40. The van der Waals surface area contributed by atoms with Crippen molar-refractivity contribution < 1.29 is 19.1 Å². The van der Waals surface area contributed by atoms with Gasteiger partial charge in [-0.15, -0.1) is 0 Å². The average molecular weight is 353 g/mol. The summed E-state index contributed by atoms with van der Waals surface area (Å²) < 4.78 is 4.67. The first-order valence-corrected chi connectivity index (χ1v) is 8.18. The van der Waals surface area contributed by atoms with Crippen molar-refractivity contribution in [3.63, 3.8) is 0 Å². The molecule has 7 heteroatoms. The fourth-order valence-electron chi connectivity index (χ4n) is 2.48. The zero-order chi connectivity index (χ0) is 17.7. The summed E-state index contributed by atoms with van der Waals surface area (Å²) in [7, 11) is 1.28. The lowest BCUT2D eigenvalue weighted by molar-refractivity contribution is -0.141. The molecule has 3 atom stereocenters. The third kappa shape index (κ3) is 4.96. The zero-order valence-corrected chi connectivity index (χ0v) is 14.4. The fraction of sp³-hybridized carbons (Fsp3) is 0.471. The van der Waals surface area contributed by atoms with E-state index < -0.39 is 12.0 Å². The highest BCUT2D eigenvalue weighted by atomic mass is 35.5. The summed E-state index contributed by atoms with van der Waals surface area (Å²) in [5, 5.41) is 5.79. The van der Waals surface area contributed by atoms with E-state index in [0.29, 0.717) is 16.5 Å². The van der Waals surface area contributed by atoms with E-state index in [1.54, 1.807) is 24.3 Å². The smallest absolute Gasteiger partial charge is 0.307 e. The van der Waals surface area contributed by atoms with Crippen LogP contribution in [0.25, 0.3) is 0 Å². The Morgan fingerprint density at radius 1 is 1.33 bits per heavy atom. The van der Waals surface area contributed by atoms with Crippen molar-refractivity contribution in [2.45, 2.75) is 25.8 Å². The molecule has 6 nitrogen and oxygen atoms in total. The van der Waals surface area contributed by atoms with Crippen molar-refractivity contribution in [1.29, 1.82) is 0 Å². The van der Waals surface area contributed by atoms with Gasteiger partial charge < -0.3 is 15.4 Å². The average Bonchev–Trinajstić information content (AvgIpc) is 3.29. The van der Waals surface area contributed by atoms with Gasteiger partial charge in [0.05, 0.1) is 26.1 Å². The Morgan fingerprint density at radius 3 is 2.58 bits per heavy atom. The fourth-order valence-corrected chi connectivity index (χ4v) is 2.75. The molecule has 2 amide bonds. The van der Waals surface area contributed by atoms with E-state index in [-0.39, 0.29) is 30.7 Å². The second-order valence-corrected chi connectivity index (χ2v) is 6.37. The van der Waals surface area contributed by atoms with E-state index in [0.717, 1.165) is 6.42 Å². The predicted octanol–water partition coefficient (Wildman–Crippen LogP) is 1.83. The van der Waals surface area contributed by atoms with Crippen molar-refractivity contribution in [3.8, 4) is 0 Å². The molecule has 1 aromatic rings. The van der Waals surface area contributed by atoms with Gasteiger partial charge in [-0.25, -0.2) is 0 Å². The number of benzene rings is 1. The second kappa shape index (κ2) is 8.15. The molecule has 0 heterocycles. The second-order valence-electron chi connectivity index (χ2n) is 5.96. The number of carbonyl (C=O) groups excluding carboxylic acids is 3. The highest BCUT2D eigenvalue weighted by Gasteiger charge is 2.39. The van der Waals surface area contributed by atoms with Crippen LogP contribution in [0, 0.1) is 11.8 Å².